The molecule has 198 valence electrons. The highest BCUT2D eigenvalue weighted by molar-refractivity contribution is 7.17. The zero-order valence-electron chi connectivity index (χ0n) is 20.4. The highest BCUT2D eigenvalue weighted by Crippen LogP contribution is 2.31. The molecule has 0 unspecified atom stereocenters. The van der Waals surface area contributed by atoms with Crippen LogP contribution in [0.15, 0.2) is 0 Å². The van der Waals surface area contributed by atoms with Crippen LogP contribution >= 0.6 is 34.5 Å². The van der Waals surface area contributed by atoms with Crippen molar-refractivity contribution in [2.24, 2.45) is 0 Å². The van der Waals surface area contributed by atoms with Crippen LogP contribution in [0.5, 0.6) is 0 Å². The maximum Gasteiger partial charge on any atom is 0.350 e. The molecule has 0 aliphatic carbocycles. The summed E-state index contributed by atoms with van der Waals surface area (Å²) >= 11 is 13.4. The van der Waals surface area contributed by atoms with Crippen molar-refractivity contribution in [1.29, 1.82) is 0 Å². The number of carbonyl (C=O) groups is 3. The van der Waals surface area contributed by atoms with E-state index in [-0.39, 0.29) is 52.5 Å². The summed E-state index contributed by atoms with van der Waals surface area (Å²) in [6.07, 6.45) is 0.140. The lowest BCUT2D eigenvalue weighted by Crippen LogP contribution is -2.55. The molecule has 0 bridgehead atoms. The van der Waals surface area contributed by atoms with Crippen molar-refractivity contribution in [3.8, 4) is 0 Å². The van der Waals surface area contributed by atoms with Crippen LogP contribution < -0.4 is 15.5 Å². The van der Waals surface area contributed by atoms with Gasteiger partial charge in [-0.05, 0) is 20.3 Å². The Morgan fingerprint density at radius 1 is 1.22 bits per heavy atom. The van der Waals surface area contributed by atoms with Gasteiger partial charge in [-0.2, -0.15) is 0 Å². The van der Waals surface area contributed by atoms with Crippen molar-refractivity contribution in [2.75, 3.05) is 52.0 Å². The number of hydrogen-bond donors (Lipinski definition) is 3. The van der Waals surface area contributed by atoms with Crippen LogP contribution in [0.2, 0.25) is 10.0 Å². The lowest BCUT2D eigenvalue weighted by atomic mass is 10.0. The zero-order chi connectivity index (χ0) is 26.4. The normalized spacial score (nSPS) is 17.7. The molecule has 2 amide bonds. The third-order valence-corrected chi connectivity index (χ3v) is 7.66. The first-order chi connectivity index (χ1) is 17.2. The van der Waals surface area contributed by atoms with Crippen molar-refractivity contribution < 1.29 is 28.6 Å². The molecule has 14 heteroatoms. The molecule has 1 aliphatic rings. The van der Waals surface area contributed by atoms with Gasteiger partial charge in [-0.15, -0.1) is 0 Å². The quantitative estimate of drug-likeness (QED) is 0.297. The van der Waals surface area contributed by atoms with Crippen molar-refractivity contribution in [3.05, 3.63) is 32.0 Å². The second-order valence-electron chi connectivity index (χ2n) is 7.99. The number of anilines is 1. The number of ether oxygens (including phenoxy) is 3. The molecule has 2 atom stereocenters. The summed E-state index contributed by atoms with van der Waals surface area (Å²) < 4.78 is 15.7. The van der Waals surface area contributed by atoms with Gasteiger partial charge >= 0.3 is 5.97 Å². The van der Waals surface area contributed by atoms with Gasteiger partial charge in [0.1, 0.15) is 10.6 Å². The van der Waals surface area contributed by atoms with Crippen LogP contribution in [0.1, 0.15) is 49.7 Å². The van der Waals surface area contributed by atoms with E-state index in [1.54, 1.807) is 21.0 Å². The fourth-order valence-corrected chi connectivity index (χ4v) is 5.15. The van der Waals surface area contributed by atoms with Gasteiger partial charge in [0.15, 0.2) is 10.8 Å². The Hall–Kier alpha value is -2.38. The van der Waals surface area contributed by atoms with E-state index in [0.717, 1.165) is 11.3 Å². The molecule has 0 radical (unpaired) electrons. The Balaban J connectivity index is 1.75. The summed E-state index contributed by atoms with van der Waals surface area (Å²) in [5, 5.41) is 6.60. The third kappa shape index (κ3) is 6.30. The Kier molecular flexibility index (Phi) is 9.97. The molecule has 3 N–H and O–H groups in total. The van der Waals surface area contributed by atoms with E-state index in [9.17, 15) is 14.4 Å². The lowest BCUT2D eigenvalue weighted by molar-refractivity contribution is 0.0527. The van der Waals surface area contributed by atoms with Crippen molar-refractivity contribution in [2.45, 2.75) is 32.4 Å². The number of carbonyl (C=O) groups excluding carboxylic acids is 3. The monoisotopic (exact) mass is 561 g/mol. The number of thiazole rings is 1. The van der Waals surface area contributed by atoms with E-state index < -0.39 is 11.9 Å². The van der Waals surface area contributed by atoms with Gasteiger partial charge in [0.2, 0.25) is 0 Å². The maximum atomic E-state index is 12.8. The Bertz CT molecular complexity index is 1110. The molecule has 0 aromatic carbocycles. The predicted octanol–water partition coefficient (Wildman–Crippen LogP) is 2.66. The van der Waals surface area contributed by atoms with Crippen LogP contribution in [0.3, 0.4) is 0 Å². The van der Waals surface area contributed by atoms with E-state index in [4.69, 9.17) is 37.4 Å². The number of aromatic amines is 1. The number of hydrogen-bond acceptors (Lipinski definition) is 9. The topological polar surface area (TPSA) is 135 Å². The van der Waals surface area contributed by atoms with E-state index in [1.807, 2.05) is 4.90 Å². The number of halogens is 2. The summed E-state index contributed by atoms with van der Waals surface area (Å²) in [5.41, 5.74) is 0.801. The Morgan fingerprint density at radius 3 is 2.58 bits per heavy atom. The van der Waals surface area contributed by atoms with Crippen LogP contribution in [0.25, 0.3) is 0 Å². The fraction of sp³-hybridized carbons (Fsp3) is 0.545. The molecular formula is C22H29Cl2N5O6S. The van der Waals surface area contributed by atoms with Gasteiger partial charge in [0.05, 0.1) is 35.4 Å². The van der Waals surface area contributed by atoms with E-state index in [0.29, 0.717) is 42.0 Å². The van der Waals surface area contributed by atoms with Crippen molar-refractivity contribution in [1.82, 2.24) is 20.6 Å². The Morgan fingerprint density at radius 2 is 1.97 bits per heavy atom. The largest absolute Gasteiger partial charge is 0.462 e. The average molecular weight is 562 g/mol. The minimum atomic E-state index is -0.611. The van der Waals surface area contributed by atoms with E-state index in [1.165, 1.54) is 7.11 Å². The summed E-state index contributed by atoms with van der Waals surface area (Å²) in [5.74, 6) is -1.48. The standard InChI is InChI=1S/C22H29Cl2N5O6S/c1-5-35-21(32)18-17(19(30)25-7-9-33-3)28-22(36-18)29-8-6-12(13(10-29)34-4)27-20(31)16-15(24)14(23)11(2)26-16/h12-13,26H,5-10H2,1-4H3,(H,25,30)(H,27,31)/t12-,13+/m1/s1. The van der Waals surface area contributed by atoms with Crippen LogP contribution in [-0.2, 0) is 14.2 Å². The predicted molar refractivity (Wildman–Crippen MR) is 137 cm³/mol. The highest BCUT2D eigenvalue weighted by atomic mass is 35.5. The van der Waals surface area contributed by atoms with Crippen molar-refractivity contribution in [3.63, 3.8) is 0 Å². The molecule has 1 aliphatic heterocycles. The number of esters is 1. The zero-order valence-corrected chi connectivity index (χ0v) is 22.7. The minimum Gasteiger partial charge on any atom is -0.462 e. The number of aromatic nitrogens is 2. The number of rotatable bonds is 10. The number of nitrogens with one attached hydrogen (secondary N) is 3. The molecule has 2 aromatic heterocycles. The summed E-state index contributed by atoms with van der Waals surface area (Å²) in [6, 6.07) is -0.307. The first-order valence-electron chi connectivity index (χ1n) is 11.3. The van der Waals surface area contributed by atoms with Gasteiger partial charge in [0, 0.05) is 39.5 Å². The molecule has 0 saturated carbocycles. The molecule has 1 fully saturated rings. The number of nitrogens with zero attached hydrogens (tertiary/aromatic N) is 2. The third-order valence-electron chi connectivity index (χ3n) is 5.61. The number of amides is 2. The molecular weight excluding hydrogens is 533 g/mol. The smallest absolute Gasteiger partial charge is 0.350 e. The summed E-state index contributed by atoms with van der Waals surface area (Å²) in [6.45, 7) is 5.07. The average Bonchev–Trinajstić information content (AvgIpc) is 3.42. The molecule has 3 heterocycles. The SMILES string of the molecule is CCOC(=O)c1sc(N2CC[C@@H](NC(=O)c3[nH]c(C)c(Cl)c3Cl)[C@@H](OC)C2)nc1C(=O)NCCOC. The first-order valence-corrected chi connectivity index (χ1v) is 12.9. The van der Waals surface area contributed by atoms with E-state index >= 15 is 0 Å². The summed E-state index contributed by atoms with van der Waals surface area (Å²) in [4.78, 5) is 47.4. The van der Waals surface area contributed by atoms with Gasteiger partial charge in [0.25, 0.3) is 11.8 Å². The number of aryl methyl sites for hydroxylation is 1. The second-order valence-corrected chi connectivity index (χ2v) is 9.72. The first kappa shape index (κ1) is 28.2. The van der Waals surface area contributed by atoms with Crippen LogP contribution in [-0.4, -0.2) is 87.0 Å². The van der Waals surface area contributed by atoms with Gasteiger partial charge < -0.3 is 34.7 Å². The van der Waals surface area contributed by atoms with Gasteiger partial charge in [-0.25, -0.2) is 9.78 Å². The van der Waals surface area contributed by atoms with Gasteiger partial charge in [-0.1, -0.05) is 34.5 Å². The molecule has 3 rings (SSSR count). The number of methoxy groups -OCH3 is 2. The van der Waals surface area contributed by atoms with Crippen molar-refractivity contribution >= 4 is 57.5 Å². The maximum absolute atomic E-state index is 12.8. The number of H-pyrrole nitrogens is 1. The minimum absolute atomic E-state index is 0.00239. The molecule has 0 spiro atoms. The molecule has 2 aromatic rings. The van der Waals surface area contributed by atoms with E-state index in [2.05, 4.69) is 20.6 Å². The molecule has 36 heavy (non-hydrogen) atoms. The fourth-order valence-electron chi connectivity index (χ4n) is 3.75. The van der Waals surface area contributed by atoms with Crippen LogP contribution in [0.4, 0.5) is 5.13 Å². The lowest BCUT2D eigenvalue weighted by Gasteiger charge is -2.37. The second kappa shape index (κ2) is 12.7. The van der Waals surface area contributed by atoms with Gasteiger partial charge in [-0.3, -0.25) is 9.59 Å². The summed E-state index contributed by atoms with van der Waals surface area (Å²) in [7, 11) is 3.08. The molecule has 11 nitrogen and oxygen atoms in total. The molecule has 1 saturated heterocycles. The highest BCUT2D eigenvalue weighted by Gasteiger charge is 2.34. The van der Waals surface area contributed by atoms with Crippen LogP contribution in [0, 0.1) is 6.92 Å². The Labute approximate surface area is 222 Å². The number of piperidine rings is 1.